The van der Waals surface area contributed by atoms with Gasteiger partial charge in [0.1, 0.15) is 17.6 Å². The van der Waals surface area contributed by atoms with Crippen molar-refractivity contribution in [1.29, 1.82) is 0 Å². The number of carbonyl (C=O) groups is 1. The fraction of sp³-hybridized carbons (Fsp3) is 0.520. The number of halogens is 3. The van der Waals surface area contributed by atoms with Gasteiger partial charge in [-0.05, 0) is 62.6 Å². The minimum atomic E-state index is -4.85. The Hall–Kier alpha value is -2.90. The van der Waals surface area contributed by atoms with Crippen molar-refractivity contribution in [2.24, 2.45) is 5.92 Å². The molecule has 4 rings (SSSR count). The molecule has 2 heterocycles. The van der Waals surface area contributed by atoms with E-state index in [0.29, 0.717) is 49.5 Å². The van der Waals surface area contributed by atoms with Crippen molar-refractivity contribution in [3.63, 3.8) is 0 Å². The van der Waals surface area contributed by atoms with E-state index in [0.717, 1.165) is 29.3 Å². The number of hydrogen-bond acceptors (Lipinski definition) is 7. The summed E-state index contributed by atoms with van der Waals surface area (Å²) in [6.45, 7) is 3.65. The molecule has 1 amide bonds. The molecule has 2 aliphatic rings. The number of ether oxygens (including phenoxy) is 2. The normalized spacial score (nSPS) is 18.1. The van der Waals surface area contributed by atoms with Gasteiger partial charge in [-0.25, -0.2) is 4.72 Å². The second-order valence-electron chi connectivity index (χ2n) is 9.54. The third kappa shape index (κ3) is 7.14. The third-order valence-electron chi connectivity index (χ3n) is 6.48. The van der Waals surface area contributed by atoms with Gasteiger partial charge >= 0.3 is 16.4 Å². The minimum absolute atomic E-state index is 0.166. The molecule has 9 nitrogen and oxygen atoms in total. The summed E-state index contributed by atoms with van der Waals surface area (Å²) >= 11 is 0. The van der Waals surface area contributed by atoms with Crippen molar-refractivity contribution in [3.8, 4) is 11.5 Å². The van der Waals surface area contributed by atoms with E-state index in [1.807, 2.05) is 16.7 Å². The first-order chi connectivity index (χ1) is 18.0. The summed E-state index contributed by atoms with van der Waals surface area (Å²) in [6.07, 6.45) is -1.50. The van der Waals surface area contributed by atoms with Crippen LogP contribution in [0, 0.1) is 5.92 Å². The lowest BCUT2D eigenvalue weighted by molar-refractivity contribution is -0.139. The summed E-state index contributed by atoms with van der Waals surface area (Å²) in [6, 6.07) is 6.08. The number of benzene rings is 1. The molecule has 2 aromatic rings. The number of aromatic nitrogens is 1. The molecule has 13 heteroatoms. The number of nitrogens with zero attached hydrogens (tertiary/aromatic N) is 3. The minimum Gasteiger partial charge on any atom is -0.492 e. The van der Waals surface area contributed by atoms with Crippen LogP contribution in [-0.4, -0.2) is 68.3 Å². The van der Waals surface area contributed by atoms with Gasteiger partial charge in [0.15, 0.2) is 0 Å². The average molecular weight is 557 g/mol. The Balaban J connectivity index is 1.49. The Bertz CT molecular complexity index is 1230. The molecule has 1 aromatic carbocycles. The maximum absolute atomic E-state index is 13.9. The molecule has 1 atom stereocenters. The second-order valence-corrected chi connectivity index (χ2v) is 11.2. The highest BCUT2D eigenvalue weighted by molar-refractivity contribution is 7.87. The molecule has 2 fully saturated rings. The summed E-state index contributed by atoms with van der Waals surface area (Å²) in [5.41, 5.74) is -1.21. The standard InChI is InChI=1S/C25H31F3N4O5S/c1-3-22(21-8-7-19(15-29-21)36-16-17-4-5-17)37-23-9-6-18(14-20(23)25(26,27)28)24(33)30-38(34,35)32-12-10-31(2)11-13-32/h6-9,14-15,17,22H,3-5,10-13,16H2,1-2H3,(H,30,33)/t22-/m1/s1. The van der Waals surface area contributed by atoms with Crippen molar-refractivity contribution < 1.29 is 35.9 Å². The lowest BCUT2D eigenvalue weighted by Crippen LogP contribution is -2.52. The summed E-state index contributed by atoms with van der Waals surface area (Å²) in [4.78, 5) is 18.9. The van der Waals surface area contributed by atoms with Crippen LogP contribution in [0.25, 0.3) is 0 Å². The Morgan fingerprint density at radius 3 is 2.45 bits per heavy atom. The van der Waals surface area contributed by atoms with E-state index < -0.39 is 45.3 Å². The van der Waals surface area contributed by atoms with E-state index in [1.165, 1.54) is 6.20 Å². The first-order valence-electron chi connectivity index (χ1n) is 12.4. The van der Waals surface area contributed by atoms with Crippen molar-refractivity contribution in [3.05, 3.63) is 53.3 Å². The number of rotatable bonds is 10. The summed E-state index contributed by atoms with van der Waals surface area (Å²) < 4.78 is 81.3. The topological polar surface area (TPSA) is 101 Å². The smallest absolute Gasteiger partial charge is 0.419 e. The highest BCUT2D eigenvalue weighted by atomic mass is 32.2. The SMILES string of the molecule is CC[C@@H](Oc1ccc(C(=O)NS(=O)(=O)N2CCN(C)CC2)cc1C(F)(F)F)c1ccc(OCC2CC2)cn1. The van der Waals surface area contributed by atoms with Crippen molar-refractivity contribution in [1.82, 2.24) is 18.9 Å². The predicted octanol–water partition coefficient (Wildman–Crippen LogP) is 3.64. The zero-order valence-electron chi connectivity index (χ0n) is 21.2. The fourth-order valence-corrected chi connectivity index (χ4v) is 5.06. The Kier molecular flexibility index (Phi) is 8.48. The number of hydrogen-bond donors (Lipinski definition) is 1. The predicted molar refractivity (Wildman–Crippen MR) is 133 cm³/mol. The maximum Gasteiger partial charge on any atom is 0.419 e. The van der Waals surface area contributed by atoms with Gasteiger partial charge in [-0.1, -0.05) is 6.92 Å². The number of piperazine rings is 1. The maximum atomic E-state index is 13.9. The van der Waals surface area contributed by atoms with Gasteiger partial charge in [0, 0.05) is 31.7 Å². The van der Waals surface area contributed by atoms with Crippen LogP contribution in [0.5, 0.6) is 11.5 Å². The van der Waals surface area contributed by atoms with Crippen molar-refractivity contribution in [2.75, 3.05) is 39.8 Å². The number of pyridine rings is 1. The molecule has 1 aromatic heterocycles. The third-order valence-corrected chi connectivity index (χ3v) is 7.97. The molecule has 1 saturated carbocycles. The number of nitrogens with one attached hydrogen (secondary N) is 1. The summed E-state index contributed by atoms with van der Waals surface area (Å²) in [5, 5.41) is 0. The Morgan fingerprint density at radius 2 is 1.87 bits per heavy atom. The molecule has 1 saturated heterocycles. The number of amides is 1. The van der Waals surface area contributed by atoms with Crippen LogP contribution in [0.2, 0.25) is 0 Å². The zero-order valence-corrected chi connectivity index (χ0v) is 22.0. The lowest BCUT2D eigenvalue weighted by atomic mass is 10.1. The van der Waals surface area contributed by atoms with Gasteiger partial charge in [-0.2, -0.15) is 25.9 Å². The first-order valence-corrected chi connectivity index (χ1v) is 13.9. The Labute approximate surface area is 220 Å². The van der Waals surface area contributed by atoms with Crippen LogP contribution in [0.1, 0.15) is 53.9 Å². The van der Waals surface area contributed by atoms with E-state index in [1.54, 1.807) is 19.1 Å². The molecule has 38 heavy (non-hydrogen) atoms. The molecule has 0 bridgehead atoms. The molecular weight excluding hydrogens is 525 g/mol. The Morgan fingerprint density at radius 1 is 1.16 bits per heavy atom. The molecule has 0 spiro atoms. The summed E-state index contributed by atoms with van der Waals surface area (Å²) in [7, 11) is -2.37. The molecular formula is C25H31F3N4O5S. The van der Waals surface area contributed by atoms with Gasteiger partial charge in [0.2, 0.25) is 0 Å². The van der Waals surface area contributed by atoms with Crippen molar-refractivity contribution >= 4 is 16.1 Å². The monoisotopic (exact) mass is 556 g/mol. The zero-order chi connectivity index (χ0) is 27.5. The number of carbonyl (C=O) groups excluding carboxylic acids is 1. The van der Waals surface area contributed by atoms with E-state index in [4.69, 9.17) is 9.47 Å². The molecule has 1 N–H and O–H groups in total. The molecule has 208 valence electrons. The van der Waals surface area contributed by atoms with Gasteiger partial charge in [-0.15, -0.1) is 0 Å². The fourth-order valence-electron chi connectivity index (χ4n) is 3.94. The van der Waals surface area contributed by atoms with Crippen molar-refractivity contribution in [2.45, 2.75) is 38.5 Å². The van der Waals surface area contributed by atoms with E-state index >= 15 is 0 Å². The lowest BCUT2D eigenvalue weighted by Gasteiger charge is -2.31. The van der Waals surface area contributed by atoms with E-state index in [9.17, 15) is 26.4 Å². The summed E-state index contributed by atoms with van der Waals surface area (Å²) in [5.74, 6) is -0.498. The second kappa shape index (κ2) is 11.5. The van der Waals surface area contributed by atoms with Crippen LogP contribution < -0.4 is 14.2 Å². The molecule has 1 aliphatic heterocycles. The van der Waals surface area contributed by atoms with Crippen LogP contribution >= 0.6 is 0 Å². The van der Waals surface area contributed by atoms with Crippen LogP contribution in [0.3, 0.4) is 0 Å². The molecule has 0 unspecified atom stereocenters. The van der Waals surface area contributed by atoms with Gasteiger partial charge in [0.05, 0.1) is 24.1 Å². The van der Waals surface area contributed by atoms with Crippen LogP contribution in [-0.2, 0) is 16.4 Å². The van der Waals surface area contributed by atoms with Crippen LogP contribution in [0.15, 0.2) is 36.5 Å². The highest BCUT2D eigenvalue weighted by Crippen LogP contribution is 2.39. The number of alkyl halides is 3. The largest absolute Gasteiger partial charge is 0.492 e. The van der Waals surface area contributed by atoms with E-state index in [-0.39, 0.29) is 13.1 Å². The molecule has 1 aliphatic carbocycles. The van der Waals surface area contributed by atoms with Gasteiger partial charge < -0.3 is 14.4 Å². The molecule has 0 radical (unpaired) electrons. The highest BCUT2D eigenvalue weighted by Gasteiger charge is 2.37. The quantitative estimate of drug-likeness (QED) is 0.477. The van der Waals surface area contributed by atoms with Gasteiger partial charge in [0.25, 0.3) is 5.91 Å². The average Bonchev–Trinajstić information content (AvgIpc) is 3.70. The van der Waals surface area contributed by atoms with E-state index in [2.05, 4.69) is 4.98 Å². The van der Waals surface area contributed by atoms with Crippen LogP contribution in [0.4, 0.5) is 13.2 Å². The first kappa shape index (κ1) is 28.1. The van der Waals surface area contributed by atoms with Gasteiger partial charge in [-0.3, -0.25) is 9.78 Å². The number of likely N-dealkylation sites (N-methyl/N-ethyl adjacent to an activating group) is 1.